The average Bonchev–Trinajstić information content (AvgIpc) is 2.83. The molecule has 0 aliphatic carbocycles. The average molecular weight is 295 g/mol. The van der Waals surface area contributed by atoms with E-state index < -0.39 is 10.0 Å². The molecule has 0 aromatic carbocycles. The second-order valence-corrected chi connectivity index (χ2v) is 7.24. The molecule has 8 heteroatoms. The molecule has 1 saturated heterocycles. The van der Waals surface area contributed by atoms with Crippen molar-refractivity contribution in [2.45, 2.75) is 17.1 Å². The predicted molar refractivity (Wildman–Crippen MR) is 65.8 cm³/mol. The maximum atomic E-state index is 12.1. The Labute approximate surface area is 108 Å². The Bertz CT molecular complexity index is 547. The number of sulfonamides is 1. The van der Waals surface area contributed by atoms with Crippen LogP contribution in [0.2, 0.25) is 4.34 Å². The number of rotatable bonds is 2. The summed E-state index contributed by atoms with van der Waals surface area (Å²) in [7, 11) is -3.90. The molecule has 0 bridgehead atoms. The third-order valence-corrected chi connectivity index (χ3v) is 5.29. The van der Waals surface area contributed by atoms with Crippen molar-refractivity contribution < 1.29 is 13.2 Å². The molecule has 2 heterocycles. The molecule has 5 nitrogen and oxygen atoms in total. The summed E-state index contributed by atoms with van der Waals surface area (Å²) in [4.78, 5) is 13.7. The minimum absolute atomic E-state index is 0.0874. The van der Waals surface area contributed by atoms with Gasteiger partial charge in [0, 0.05) is 13.1 Å². The summed E-state index contributed by atoms with van der Waals surface area (Å²) in [5, 5.41) is 5.06. The van der Waals surface area contributed by atoms with Crippen LogP contribution in [-0.4, -0.2) is 32.3 Å². The van der Waals surface area contributed by atoms with E-state index in [1.165, 1.54) is 6.07 Å². The molecule has 0 radical (unpaired) electrons. The van der Waals surface area contributed by atoms with E-state index in [4.69, 9.17) is 16.7 Å². The van der Waals surface area contributed by atoms with Gasteiger partial charge in [0.15, 0.2) is 0 Å². The summed E-state index contributed by atoms with van der Waals surface area (Å²) in [6.45, 7) is 1.30. The third kappa shape index (κ3) is 2.62. The lowest BCUT2D eigenvalue weighted by atomic mass is 10.3. The maximum Gasteiger partial charge on any atom is 0.256 e. The lowest BCUT2D eigenvalue weighted by molar-refractivity contribution is 0.0790. The van der Waals surface area contributed by atoms with Gasteiger partial charge in [0.1, 0.15) is 4.21 Å². The smallest absolute Gasteiger partial charge is 0.256 e. The Morgan fingerprint density at radius 2 is 2.00 bits per heavy atom. The van der Waals surface area contributed by atoms with Gasteiger partial charge < -0.3 is 4.90 Å². The number of nitrogens with zero attached hydrogens (tertiary/aromatic N) is 1. The molecule has 94 valence electrons. The molecule has 17 heavy (non-hydrogen) atoms. The number of carbonyl (C=O) groups excluding carboxylic acids is 1. The van der Waals surface area contributed by atoms with E-state index in [-0.39, 0.29) is 20.0 Å². The minimum Gasteiger partial charge on any atom is -0.339 e. The first kappa shape index (κ1) is 12.8. The molecule has 1 fully saturated rings. The van der Waals surface area contributed by atoms with Crippen LogP contribution in [0.5, 0.6) is 0 Å². The third-order valence-electron chi connectivity index (χ3n) is 2.55. The highest BCUT2D eigenvalue weighted by Gasteiger charge is 2.27. The van der Waals surface area contributed by atoms with Crippen molar-refractivity contribution in [3.05, 3.63) is 16.0 Å². The van der Waals surface area contributed by atoms with E-state index in [9.17, 15) is 13.2 Å². The highest BCUT2D eigenvalue weighted by molar-refractivity contribution is 7.91. The molecular weight excluding hydrogens is 284 g/mol. The predicted octanol–water partition coefficient (Wildman–Crippen LogP) is 1.28. The maximum absolute atomic E-state index is 12.1. The Balaban J connectivity index is 2.41. The van der Waals surface area contributed by atoms with E-state index in [0.29, 0.717) is 13.1 Å². The van der Waals surface area contributed by atoms with E-state index in [1.807, 2.05) is 0 Å². The van der Waals surface area contributed by atoms with Crippen LogP contribution >= 0.6 is 22.9 Å². The fraction of sp³-hybridized carbons (Fsp3) is 0.444. The fourth-order valence-electron chi connectivity index (χ4n) is 1.80. The van der Waals surface area contributed by atoms with Crippen molar-refractivity contribution in [3.8, 4) is 0 Å². The van der Waals surface area contributed by atoms with Crippen molar-refractivity contribution in [3.63, 3.8) is 0 Å². The first-order valence-corrected chi connectivity index (χ1v) is 7.75. The van der Waals surface area contributed by atoms with Crippen molar-refractivity contribution in [1.82, 2.24) is 4.90 Å². The molecule has 1 amide bonds. The van der Waals surface area contributed by atoms with Gasteiger partial charge in [-0.05, 0) is 18.9 Å². The van der Waals surface area contributed by atoms with Crippen molar-refractivity contribution in [1.29, 1.82) is 0 Å². The van der Waals surface area contributed by atoms with Gasteiger partial charge in [-0.2, -0.15) is 0 Å². The molecular formula is C9H11ClN2O3S2. The number of hydrogen-bond donors (Lipinski definition) is 1. The molecule has 1 aliphatic rings. The molecule has 1 aromatic heterocycles. The summed E-state index contributed by atoms with van der Waals surface area (Å²) in [6.07, 6.45) is 1.88. The zero-order chi connectivity index (χ0) is 12.6. The van der Waals surface area contributed by atoms with Gasteiger partial charge in [0.2, 0.25) is 10.0 Å². The largest absolute Gasteiger partial charge is 0.339 e. The van der Waals surface area contributed by atoms with E-state index in [0.717, 1.165) is 24.2 Å². The standard InChI is InChI=1S/C9H11ClN2O3S2/c10-7-5-6(9(16-7)17(11,14)15)8(13)12-3-1-2-4-12/h5H,1-4H2,(H2,11,14,15). The molecule has 1 aromatic rings. The number of primary sulfonamides is 1. The van der Waals surface area contributed by atoms with Crippen molar-refractivity contribution in [2.75, 3.05) is 13.1 Å². The first-order valence-electron chi connectivity index (χ1n) is 5.01. The van der Waals surface area contributed by atoms with Crippen molar-refractivity contribution in [2.24, 2.45) is 5.14 Å². The quantitative estimate of drug-likeness (QED) is 0.892. The van der Waals surface area contributed by atoms with Crippen LogP contribution in [0.1, 0.15) is 23.2 Å². The Hall–Kier alpha value is -0.630. The molecule has 0 spiro atoms. The van der Waals surface area contributed by atoms with Gasteiger partial charge in [0.25, 0.3) is 5.91 Å². The highest BCUT2D eigenvalue weighted by Crippen LogP contribution is 2.31. The summed E-state index contributed by atoms with van der Waals surface area (Å²) >= 11 is 6.56. The fourth-order valence-corrected chi connectivity index (χ4v) is 4.07. The Morgan fingerprint density at radius 3 is 2.53 bits per heavy atom. The van der Waals surface area contributed by atoms with Crippen molar-refractivity contribution >= 4 is 38.9 Å². The van der Waals surface area contributed by atoms with Crippen LogP contribution in [0.15, 0.2) is 10.3 Å². The molecule has 2 N–H and O–H groups in total. The number of carbonyl (C=O) groups is 1. The van der Waals surface area contributed by atoms with Gasteiger partial charge in [0.05, 0.1) is 9.90 Å². The van der Waals surface area contributed by atoms with Crippen LogP contribution < -0.4 is 5.14 Å². The number of amides is 1. The number of halogens is 1. The molecule has 0 atom stereocenters. The van der Waals surface area contributed by atoms with Crippen LogP contribution in [0.25, 0.3) is 0 Å². The van der Waals surface area contributed by atoms with Crippen LogP contribution in [-0.2, 0) is 10.0 Å². The lowest BCUT2D eigenvalue weighted by Crippen LogP contribution is -2.29. The van der Waals surface area contributed by atoms with Crippen LogP contribution in [0.4, 0.5) is 0 Å². The Morgan fingerprint density at radius 1 is 1.41 bits per heavy atom. The van der Waals surface area contributed by atoms with E-state index >= 15 is 0 Å². The lowest BCUT2D eigenvalue weighted by Gasteiger charge is -2.14. The number of likely N-dealkylation sites (tertiary alicyclic amines) is 1. The SMILES string of the molecule is NS(=O)(=O)c1sc(Cl)cc1C(=O)N1CCCC1. The minimum atomic E-state index is -3.90. The molecule has 2 rings (SSSR count). The Kier molecular flexibility index (Phi) is 3.44. The summed E-state index contributed by atoms with van der Waals surface area (Å²) < 4.78 is 22.8. The van der Waals surface area contributed by atoms with E-state index in [2.05, 4.69) is 0 Å². The van der Waals surface area contributed by atoms with E-state index in [1.54, 1.807) is 4.90 Å². The normalized spacial score (nSPS) is 16.5. The second-order valence-electron chi connectivity index (χ2n) is 3.80. The van der Waals surface area contributed by atoms with Gasteiger partial charge in [-0.15, -0.1) is 11.3 Å². The first-order chi connectivity index (χ1) is 7.89. The number of thiophene rings is 1. The summed E-state index contributed by atoms with van der Waals surface area (Å²) in [6, 6.07) is 1.37. The monoisotopic (exact) mass is 294 g/mol. The van der Waals surface area contributed by atoms with Gasteiger partial charge >= 0.3 is 0 Å². The summed E-state index contributed by atoms with van der Waals surface area (Å²) in [5.41, 5.74) is 0.0874. The summed E-state index contributed by atoms with van der Waals surface area (Å²) in [5.74, 6) is -0.310. The zero-order valence-corrected chi connectivity index (χ0v) is 11.2. The second kappa shape index (κ2) is 4.56. The zero-order valence-electron chi connectivity index (χ0n) is 8.85. The van der Waals surface area contributed by atoms with Gasteiger partial charge in [-0.25, -0.2) is 13.6 Å². The van der Waals surface area contributed by atoms with Crippen LogP contribution in [0, 0.1) is 0 Å². The molecule has 0 saturated carbocycles. The van der Waals surface area contributed by atoms with Gasteiger partial charge in [-0.3, -0.25) is 4.79 Å². The number of hydrogen-bond acceptors (Lipinski definition) is 4. The topological polar surface area (TPSA) is 80.5 Å². The molecule has 0 unspecified atom stereocenters. The van der Waals surface area contributed by atoms with Gasteiger partial charge in [-0.1, -0.05) is 11.6 Å². The number of nitrogens with two attached hydrogens (primary N) is 1. The highest BCUT2D eigenvalue weighted by atomic mass is 35.5. The van der Waals surface area contributed by atoms with Crippen LogP contribution in [0.3, 0.4) is 0 Å². The molecule has 1 aliphatic heterocycles.